The van der Waals surface area contributed by atoms with E-state index >= 15 is 0 Å². The average molecular weight is 459 g/mol. The largest absolute Gasteiger partial charge is 0.495 e. The van der Waals surface area contributed by atoms with Crippen molar-refractivity contribution in [1.29, 1.82) is 0 Å². The van der Waals surface area contributed by atoms with Crippen LogP contribution in [-0.4, -0.2) is 39.8 Å². The molecular formula is C27H27FN4O2. The third kappa shape index (κ3) is 4.02. The van der Waals surface area contributed by atoms with E-state index in [-0.39, 0.29) is 11.7 Å². The molecule has 1 atom stereocenters. The van der Waals surface area contributed by atoms with Crippen LogP contribution in [0.5, 0.6) is 5.75 Å². The van der Waals surface area contributed by atoms with E-state index in [1.165, 1.54) is 12.1 Å². The van der Waals surface area contributed by atoms with Crippen molar-refractivity contribution < 1.29 is 13.9 Å². The molecular weight excluding hydrogens is 431 g/mol. The third-order valence-electron chi connectivity index (χ3n) is 6.70. The molecule has 174 valence electrons. The number of hydrogen-bond donors (Lipinski definition) is 0. The van der Waals surface area contributed by atoms with E-state index in [1.54, 1.807) is 25.6 Å². The van der Waals surface area contributed by atoms with Gasteiger partial charge in [-0.3, -0.25) is 4.79 Å². The zero-order valence-electron chi connectivity index (χ0n) is 19.4. The van der Waals surface area contributed by atoms with E-state index < -0.39 is 5.54 Å². The topological polar surface area (TPSA) is 59.7 Å². The van der Waals surface area contributed by atoms with Crippen LogP contribution in [-0.2, 0) is 10.3 Å². The number of imidazole rings is 1. The van der Waals surface area contributed by atoms with Gasteiger partial charge in [0.05, 0.1) is 36.8 Å². The number of amides is 1. The first-order valence-corrected chi connectivity index (χ1v) is 11.5. The Morgan fingerprint density at radius 3 is 2.68 bits per heavy atom. The minimum atomic E-state index is -0.481. The average Bonchev–Trinajstić information content (AvgIpc) is 3.28. The molecule has 7 heteroatoms. The van der Waals surface area contributed by atoms with Crippen molar-refractivity contribution in [1.82, 2.24) is 14.5 Å². The first-order valence-electron chi connectivity index (χ1n) is 11.5. The number of carbonyl (C=O) groups excluding carboxylic acids is 1. The summed E-state index contributed by atoms with van der Waals surface area (Å²) in [6.07, 6.45) is 10.7. The molecule has 2 aliphatic heterocycles. The summed E-state index contributed by atoms with van der Waals surface area (Å²) in [5, 5.41) is 0. The zero-order valence-corrected chi connectivity index (χ0v) is 19.4. The number of aromatic nitrogens is 2. The Labute approximate surface area is 198 Å². The van der Waals surface area contributed by atoms with Gasteiger partial charge in [-0.25, -0.2) is 9.37 Å². The lowest BCUT2D eigenvalue weighted by Crippen LogP contribution is -2.55. The van der Waals surface area contributed by atoms with Crippen molar-refractivity contribution in [3.63, 3.8) is 0 Å². The number of aliphatic imine (C=N–C) groups is 1. The van der Waals surface area contributed by atoms with Crippen molar-refractivity contribution in [2.24, 2.45) is 4.99 Å². The van der Waals surface area contributed by atoms with Crippen LogP contribution in [0.4, 0.5) is 4.39 Å². The van der Waals surface area contributed by atoms with Crippen molar-refractivity contribution in [3.05, 3.63) is 83.7 Å². The molecule has 6 nitrogen and oxygen atoms in total. The van der Waals surface area contributed by atoms with Crippen LogP contribution in [0.25, 0.3) is 11.8 Å². The SMILES string of the molecule is COc1cc(/C=C/C2=NC(=O)CC3(c4ccc(F)cc4)CCCCN23)ccc1-n1cnc(C)c1. The molecule has 2 aliphatic rings. The number of fused-ring (bicyclic) bond motifs is 1. The number of aryl methyl sites for hydroxylation is 1. The molecule has 0 N–H and O–H groups in total. The minimum absolute atomic E-state index is 0.148. The highest BCUT2D eigenvalue weighted by atomic mass is 19.1. The summed E-state index contributed by atoms with van der Waals surface area (Å²) >= 11 is 0. The lowest BCUT2D eigenvalue weighted by molar-refractivity contribution is -0.122. The highest BCUT2D eigenvalue weighted by Gasteiger charge is 2.45. The molecule has 1 amide bonds. The Bertz CT molecular complexity index is 1280. The van der Waals surface area contributed by atoms with Gasteiger partial charge in [0.25, 0.3) is 0 Å². The van der Waals surface area contributed by atoms with Crippen molar-refractivity contribution >= 4 is 17.8 Å². The second kappa shape index (κ2) is 8.89. The van der Waals surface area contributed by atoms with Gasteiger partial charge in [-0.1, -0.05) is 24.3 Å². The lowest BCUT2D eigenvalue weighted by Gasteiger charge is -2.50. The number of halogens is 1. The van der Waals surface area contributed by atoms with E-state index in [0.717, 1.165) is 54.1 Å². The molecule has 1 saturated heterocycles. The molecule has 5 rings (SSSR count). The molecule has 0 spiro atoms. The number of rotatable bonds is 5. The molecule has 0 aliphatic carbocycles. The molecule has 3 heterocycles. The van der Waals surface area contributed by atoms with Gasteiger partial charge in [0, 0.05) is 12.7 Å². The summed E-state index contributed by atoms with van der Waals surface area (Å²) < 4.78 is 21.2. The number of nitrogens with zero attached hydrogens (tertiary/aromatic N) is 4. The second-order valence-electron chi connectivity index (χ2n) is 8.87. The first-order chi connectivity index (χ1) is 16.5. The van der Waals surface area contributed by atoms with Crippen LogP contribution in [0, 0.1) is 12.7 Å². The van der Waals surface area contributed by atoms with Gasteiger partial charge in [-0.05, 0) is 67.7 Å². The smallest absolute Gasteiger partial charge is 0.250 e. The fraction of sp³-hybridized carbons (Fsp3) is 0.296. The van der Waals surface area contributed by atoms with E-state index in [4.69, 9.17) is 4.74 Å². The van der Waals surface area contributed by atoms with Gasteiger partial charge >= 0.3 is 0 Å². The van der Waals surface area contributed by atoms with Gasteiger partial charge in [0.15, 0.2) is 0 Å². The van der Waals surface area contributed by atoms with E-state index in [9.17, 15) is 9.18 Å². The number of methoxy groups -OCH3 is 1. The minimum Gasteiger partial charge on any atom is -0.495 e. The van der Waals surface area contributed by atoms with Gasteiger partial charge in [0.1, 0.15) is 17.4 Å². The number of hydrogen-bond acceptors (Lipinski definition) is 4. The Morgan fingerprint density at radius 2 is 1.94 bits per heavy atom. The molecule has 34 heavy (non-hydrogen) atoms. The van der Waals surface area contributed by atoms with Gasteiger partial charge in [-0.2, -0.15) is 4.99 Å². The van der Waals surface area contributed by atoms with Crippen LogP contribution >= 0.6 is 0 Å². The molecule has 0 bridgehead atoms. The Balaban J connectivity index is 1.47. The Hall–Kier alpha value is -3.74. The summed E-state index contributed by atoms with van der Waals surface area (Å²) in [4.78, 5) is 23.6. The zero-order chi connectivity index (χ0) is 23.7. The molecule has 0 radical (unpaired) electrons. The summed E-state index contributed by atoms with van der Waals surface area (Å²) in [6, 6.07) is 12.5. The van der Waals surface area contributed by atoms with Crippen LogP contribution in [0.15, 0.2) is 66.1 Å². The summed E-state index contributed by atoms with van der Waals surface area (Å²) in [7, 11) is 1.64. The maximum atomic E-state index is 13.6. The van der Waals surface area contributed by atoms with Gasteiger partial charge in [-0.15, -0.1) is 0 Å². The maximum Gasteiger partial charge on any atom is 0.250 e. The third-order valence-corrected chi connectivity index (χ3v) is 6.70. The molecule has 3 aromatic rings. The van der Waals surface area contributed by atoms with E-state index in [0.29, 0.717) is 12.3 Å². The summed E-state index contributed by atoms with van der Waals surface area (Å²) in [6.45, 7) is 2.74. The molecule has 1 aromatic heterocycles. The van der Waals surface area contributed by atoms with Gasteiger partial charge < -0.3 is 14.2 Å². The quantitative estimate of drug-likeness (QED) is 0.537. The number of piperidine rings is 1. The molecule has 1 fully saturated rings. The predicted octanol–water partition coefficient (Wildman–Crippen LogP) is 5.05. The fourth-order valence-corrected chi connectivity index (χ4v) is 5.06. The standard InChI is InChI=1S/C27H27FN4O2/c1-19-17-31(18-29-19)23-11-5-20(15-24(23)34-2)6-12-25-30-26(33)16-27(13-3-4-14-32(25)27)21-7-9-22(28)10-8-21/h5-12,15,17-18H,3-4,13-14,16H2,1-2H3/b12-6+. The lowest BCUT2D eigenvalue weighted by atomic mass is 9.76. The number of ether oxygens (including phenoxy) is 1. The summed E-state index contributed by atoms with van der Waals surface area (Å²) in [5.74, 6) is 0.945. The number of amidine groups is 1. The number of carbonyl (C=O) groups is 1. The normalized spacial score (nSPS) is 20.4. The monoisotopic (exact) mass is 458 g/mol. The maximum absolute atomic E-state index is 13.6. The van der Waals surface area contributed by atoms with E-state index in [1.807, 2.05) is 48.0 Å². The fourth-order valence-electron chi connectivity index (χ4n) is 5.06. The molecule has 0 saturated carbocycles. The first kappa shape index (κ1) is 22.1. The molecule has 1 unspecified atom stereocenters. The van der Waals surface area contributed by atoms with Gasteiger partial charge in [0.2, 0.25) is 5.91 Å². The van der Waals surface area contributed by atoms with Crippen molar-refractivity contribution in [3.8, 4) is 11.4 Å². The van der Waals surface area contributed by atoms with Crippen LogP contribution in [0.2, 0.25) is 0 Å². The summed E-state index contributed by atoms with van der Waals surface area (Å²) in [5.41, 5.74) is 3.24. The second-order valence-corrected chi connectivity index (χ2v) is 8.87. The van der Waals surface area contributed by atoms with E-state index in [2.05, 4.69) is 14.9 Å². The predicted molar refractivity (Wildman–Crippen MR) is 130 cm³/mol. The Morgan fingerprint density at radius 1 is 1.12 bits per heavy atom. The van der Waals surface area contributed by atoms with Crippen LogP contribution < -0.4 is 4.74 Å². The molecule has 2 aromatic carbocycles. The van der Waals surface area contributed by atoms with Crippen molar-refractivity contribution in [2.75, 3.05) is 13.7 Å². The number of benzene rings is 2. The highest BCUT2D eigenvalue weighted by molar-refractivity contribution is 6.06. The highest BCUT2D eigenvalue weighted by Crippen LogP contribution is 2.43. The van der Waals surface area contributed by atoms with Crippen LogP contribution in [0.3, 0.4) is 0 Å². The Kier molecular flexibility index (Phi) is 5.77. The van der Waals surface area contributed by atoms with Crippen molar-refractivity contribution in [2.45, 2.75) is 38.1 Å². The van der Waals surface area contributed by atoms with Crippen LogP contribution in [0.1, 0.15) is 42.5 Å².